The summed E-state index contributed by atoms with van der Waals surface area (Å²) >= 11 is 0. The second-order valence-corrected chi connectivity index (χ2v) is 5.66. The SMILES string of the molecule is c1cnc2c(Cn3cncc3CNC3CC3)cccc2c1. The van der Waals surface area contributed by atoms with Crippen LogP contribution in [0.15, 0.2) is 49.1 Å². The fourth-order valence-corrected chi connectivity index (χ4v) is 2.65. The number of fused-ring (bicyclic) bond motifs is 1. The average Bonchev–Trinajstić information content (AvgIpc) is 3.25. The van der Waals surface area contributed by atoms with Crippen molar-refractivity contribution >= 4 is 10.9 Å². The molecule has 1 aromatic carbocycles. The summed E-state index contributed by atoms with van der Waals surface area (Å²) in [5.74, 6) is 0. The van der Waals surface area contributed by atoms with Crippen LogP contribution in [0.2, 0.25) is 0 Å². The quantitative estimate of drug-likeness (QED) is 0.780. The normalized spacial score (nSPS) is 14.7. The molecule has 1 aliphatic rings. The molecule has 0 spiro atoms. The van der Waals surface area contributed by atoms with E-state index in [0.29, 0.717) is 6.04 Å². The van der Waals surface area contributed by atoms with Crippen molar-refractivity contribution in [3.8, 4) is 0 Å². The van der Waals surface area contributed by atoms with Crippen LogP contribution in [0.5, 0.6) is 0 Å². The number of pyridine rings is 1. The molecule has 4 heteroatoms. The number of nitrogens with zero attached hydrogens (tertiary/aromatic N) is 3. The van der Waals surface area contributed by atoms with Crippen LogP contribution in [0.25, 0.3) is 10.9 Å². The number of rotatable bonds is 5. The predicted octanol–water partition coefficient (Wildman–Crippen LogP) is 2.73. The number of para-hydroxylation sites is 1. The minimum Gasteiger partial charge on any atom is -0.329 e. The maximum absolute atomic E-state index is 4.53. The minimum atomic E-state index is 0.715. The summed E-state index contributed by atoms with van der Waals surface area (Å²) in [5.41, 5.74) is 3.54. The van der Waals surface area contributed by atoms with Gasteiger partial charge in [-0.25, -0.2) is 4.98 Å². The van der Waals surface area contributed by atoms with Crippen LogP contribution >= 0.6 is 0 Å². The zero-order valence-corrected chi connectivity index (χ0v) is 11.9. The van der Waals surface area contributed by atoms with Gasteiger partial charge in [-0.3, -0.25) is 4.98 Å². The van der Waals surface area contributed by atoms with Gasteiger partial charge in [-0.2, -0.15) is 0 Å². The van der Waals surface area contributed by atoms with Crippen LogP contribution in [-0.4, -0.2) is 20.6 Å². The van der Waals surface area contributed by atoms with E-state index in [1.54, 1.807) is 0 Å². The topological polar surface area (TPSA) is 42.7 Å². The Morgan fingerprint density at radius 3 is 3.00 bits per heavy atom. The molecule has 1 aliphatic carbocycles. The lowest BCUT2D eigenvalue weighted by molar-refractivity contribution is 0.635. The lowest BCUT2D eigenvalue weighted by atomic mass is 10.1. The van der Waals surface area contributed by atoms with E-state index in [2.05, 4.69) is 44.1 Å². The number of imidazole rings is 1. The molecule has 0 aliphatic heterocycles. The molecule has 0 radical (unpaired) electrons. The smallest absolute Gasteiger partial charge is 0.0951 e. The molecular formula is C17H18N4. The number of benzene rings is 1. The molecule has 4 nitrogen and oxygen atoms in total. The Morgan fingerprint density at radius 1 is 1.19 bits per heavy atom. The van der Waals surface area contributed by atoms with E-state index < -0.39 is 0 Å². The minimum absolute atomic E-state index is 0.715. The lowest BCUT2D eigenvalue weighted by Crippen LogP contribution is -2.18. The second kappa shape index (κ2) is 5.30. The van der Waals surface area contributed by atoms with Gasteiger partial charge in [-0.05, 0) is 24.5 Å². The Kier molecular flexibility index (Phi) is 3.16. The first-order valence-electron chi connectivity index (χ1n) is 7.45. The van der Waals surface area contributed by atoms with Crippen molar-refractivity contribution in [3.05, 3.63) is 60.3 Å². The molecule has 3 aromatic rings. The Bertz CT molecular complexity index is 753. The second-order valence-electron chi connectivity index (χ2n) is 5.66. The summed E-state index contributed by atoms with van der Waals surface area (Å²) in [6.45, 7) is 1.71. The van der Waals surface area contributed by atoms with Gasteiger partial charge in [-0.1, -0.05) is 24.3 Å². The summed E-state index contributed by atoms with van der Waals surface area (Å²) in [5, 5.41) is 4.73. The summed E-state index contributed by atoms with van der Waals surface area (Å²) < 4.78 is 2.21. The third-order valence-corrected chi connectivity index (χ3v) is 4.00. The van der Waals surface area contributed by atoms with Gasteiger partial charge in [0.05, 0.1) is 24.1 Å². The first kappa shape index (κ1) is 12.5. The third kappa shape index (κ3) is 2.67. The molecule has 1 N–H and O–H groups in total. The Labute approximate surface area is 123 Å². The molecule has 1 saturated carbocycles. The van der Waals surface area contributed by atoms with E-state index in [-0.39, 0.29) is 0 Å². The fraction of sp³-hybridized carbons (Fsp3) is 0.294. The molecule has 0 unspecified atom stereocenters. The fourth-order valence-electron chi connectivity index (χ4n) is 2.65. The van der Waals surface area contributed by atoms with Crippen LogP contribution < -0.4 is 5.32 Å². The molecule has 2 heterocycles. The van der Waals surface area contributed by atoms with Crippen LogP contribution in [0.4, 0.5) is 0 Å². The largest absolute Gasteiger partial charge is 0.329 e. The maximum atomic E-state index is 4.53. The van der Waals surface area contributed by atoms with Crippen molar-refractivity contribution in [2.24, 2.45) is 0 Å². The maximum Gasteiger partial charge on any atom is 0.0951 e. The molecular weight excluding hydrogens is 260 g/mol. The highest BCUT2D eigenvalue weighted by atomic mass is 15.1. The predicted molar refractivity (Wildman–Crippen MR) is 82.9 cm³/mol. The van der Waals surface area contributed by atoms with E-state index in [0.717, 1.165) is 18.6 Å². The molecule has 0 amide bonds. The highest BCUT2D eigenvalue weighted by Gasteiger charge is 2.20. The van der Waals surface area contributed by atoms with E-state index >= 15 is 0 Å². The van der Waals surface area contributed by atoms with Crippen molar-refractivity contribution in [1.82, 2.24) is 19.9 Å². The Balaban J connectivity index is 1.61. The average molecular weight is 278 g/mol. The molecule has 2 aromatic heterocycles. The van der Waals surface area contributed by atoms with E-state index in [9.17, 15) is 0 Å². The molecule has 21 heavy (non-hydrogen) atoms. The first-order valence-corrected chi connectivity index (χ1v) is 7.45. The Morgan fingerprint density at radius 2 is 2.10 bits per heavy atom. The van der Waals surface area contributed by atoms with Crippen LogP contribution in [-0.2, 0) is 13.1 Å². The van der Waals surface area contributed by atoms with E-state index in [4.69, 9.17) is 0 Å². The number of nitrogens with one attached hydrogen (secondary N) is 1. The van der Waals surface area contributed by atoms with Crippen molar-refractivity contribution < 1.29 is 0 Å². The Hall–Kier alpha value is -2.20. The summed E-state index contributed by atoms with van der Waals surface area (Å²) in [7, 11) is 0. The van der Waals surface area contributed by atoms with Crippen molar-refractivity contribution in [3.63, 3.8) is 0 Å². The molecule has 0 bridgehead atoms. The van der Waals surface area contributed by atoms with Gasteiger partial charge in [0.15, 0.2) is 0 Å². The standard InChI is InChI=1S/C17H18N4/c1-3-13-5-2-8-19-17(13)14(4-1)11-21-12-18-9-16(21)10-20-15-6-7-15/h1-5,8-9,12,15,20H,6-7,10-11H2. The van der Waals surface area contributed by atoms with Gasteiger partial charge < -0.3 is 9.88 Å². The molecule has 1 fully saturated rings. The van der Waals surface area contributed by atoms with Crippen molar-refractivity contribution in [2.75, 3.05) is 0 Å². The lowest BCUT2D eigenvalue weighted by Gasteiger charge is -2.10. The first-order chi connectivity index (χ1) is 10.4. The zero-order valence-electron chi connectivity index (χ0n) is 11.9. The van der Waals surface area contributed by atoms with Gasteiger partial charge >= 0.3 is 0 Å². The molecule has 106 valence electrons. The van der Waals surface area contributed by atoms with Crippen LogP contribution in [0, 0.1) is 0 Å². The van der Waals surface area contributed by atoms with Crippen molar-refractivity contribution in [1.29, 1.82) is 0 Å². The van der Waals surface area contributed by atoms with E-state index in [1.807, 2.05) is 24.8 Å². The van der Waals surface area contributed by atoms with Crippen molar-refractivity contribution in [2.45, 2.75) is 32.0 Å². The molecule has 4 rings (SSSR count). The summed E-state index contributed by atoms with van der Waals surface area (Å²) in [4.78, 5) is 8.83. The van der Waals surface area contributed by atoms with Crippen LogP contribution in [0.1, 0.15) is 24.1 Å². The summed E-state index contributed by atoms with van der Waals surface area (Å²) in [6, 6.07) is 11.2. The number of hydrogen-bond acceptors (Lipinski definition) is 3. The van der Waals surface area contributed by atoms with Gasteiger partial charge in [0.2, 0.25) is 0 Å². The molecule has 0 saturated heterocycles. The zero-order chi connectivity index (χ0) is 14.1. The highest BCUT2D eigenvalue weighted by molar-refractivity contribution is 5.81. The number of hydrogen-bond donors (Lipinski definition) is 1. The molecule has 0 atom stereocenters. The van der Waals surface area contributed by atoms with Gasteiger partial charge in [0.1, 0.15) is 0 Å². The van der Waals surface area contributed by atoms with Gasteiger partial charge in [0, 0.05) is 30.4 Å². The monoisotopic (exact) mass is 278 g/mol. The summed E-state index contributed by atoms with van der Waals surface area (Å²) in [6.07, 6.45) is 8.33. The highest BCUT2D eigenvalue weighted by Crippen LogP contribution is 2.20. The van der Waals surface area contributed by atoms with E-state index in [1.165, 1.54) is 29.5 Å². The third-order valence-electron chi connectivity index (χ3n) is 4.00. The number of aromatic nitrogens is 3. The van der Waals surface area contributed by atoms with Gasteiger partial charge in [-0.15, -0.1) is 0 Å². The van der Waals surface area contributed by atoms with Gasteiger partial charge in [0.25, 0.3) is 0 Å². The van der Waals surface area contributed by atoms with Crippen LogP contribution in [0.3, 0.4) is 0 Å².